The van der Waals surface area contributed by atoms with E-state index in [4.69, 9.17) is 5.73 Å². The van der Waals surface area contributed by atoms with Crippen LogP contribution < -0.4 is 11.1 Å². The smallest absolute Gasteiger partial charge is 0.134 e. The molecule has 1 saturated carbocycles. The molecule has 1 aliphatic rings. The van der Waals surface area contributed by atoms with Gasteiger partial charge in [0.05, 0.1) is 6.10 Å². The quantitative estimate of drug-likeness (QED) is 0.758. The zero-order chi connectivity index (χ0) is 13.1. The van der Waals surface area contributed by atoms with Gasteiger partial charge in [-0.15, -0.1) is 0 Å². The average Bonchev–Trinajstić information content (AvgIpc) is 2.72. The molecule has 2 rings (SSSR count). The van der Waals surface area contributed by atoms with Gasteiger partial charge in [0.2, 0.25) is 0 Å². The van der Waals surface area contributed by atoms with Gasteiger partial charge in [-0.05, 0) is 31.1 Å². The third-order valence-corrected chi connectivity index (χ3v) is 3.56. The van der Waals surface area contributed by atoms with E-state index in [1.54, 1.807) is 0 Å². The van der Waals surface area contributed by atoms with Gasteiger partial charge in [0, 0.05) is 12.1 Å². The fraction of sp³-hybridized carbons (Fsp3) is 0.692. The number of nitrogens with two attached hydrogens (primary N) is 1. The third kappa shape index (κ3) is 2.90. The van der Waals surface area contributed by atoms with Crippen molar-refractivity contribution in [2.24, 2.45) is 5.92 Å². The molecular weight excluding hydrogens is 228 g/mol. The lowest BCUT2D eigenvalue weighted by Crippen LogP contribution is -2.16. The van der Waals surface area contributed by atoms with Crippen LogP contribution in [-0.2, 0) is 0 Å². The van der Waals surface area contributed by atoms with Crippen molar-refractivity contribution >= 4 is 11.6 Å². The number of hydrogen-bond acceptors (Lipinski definition) is 5. The van der Waals surface area contributed by atoms with Crippen LogP contribution in [0.25, 0.3) is 0 Å². The maximum absolute atomic E-state index is 9.51. The fourth-order valence-corrected chi connectivity index (χ4v) is 2.59. The highest BCUT2D eigenvalue weighted by Gasteiger charge is 2.23. The second-order valence-electron chi connectivity index (χ2n) is 5.39. The third-order valence-electron chi connectivity index (χ3n) is 3.56. The molecule has 2 unspecified atom stereocenters. The highest BCUT2D eigenvalue weighted by atomic mass is 16.3. The Labute approximate surface area is 108 Å². The molecule has 0 amide bonds. The summed E-state index contributed by atoms with van der Waals surface area (Å²) in [6, 6.07) is 0. The molecule has 1 fully saturated rings. The molecule has 5 nitrogen and oxygen atoms in total. The summed E-state index contributed by atoms with van der Waals surface area (Å²) < 4.78 is 0. The summed E-state index contributed by atoms with van der Waals surface area (Å²) in [6.45, 7) is 5.01. The molecule has 1 aliphatic carbocycles. The lowest BCUT2D eigenvalue weighted by Gasteiger charge is -2.17. The highest BCUT2D eigenvalue weighted by molar-refractivity contribution is 5.56. The summed E-state index contributed by atoms with van der Waals surface area (Å²) >= 11 is 0. The molecule has 4 N–H and O–H groups in total. The van der Waals surface area contributed by atoms with Gasteiger partial charge in [0.15, 0.2) is 0 Å². The predicted octanol–water partition coefficient (Wildman–Crippen LogP) is 1.76. The van der Waals surface area contributed by atoms with Crippen LogP contribution in [0.4, 0.5) is 11.6 Å². The Morgan fingerprint density at radius 3 is 2.83 bits per heavy atom. The number of hydrogen-bond donors (Lipinski definition) is 3. The van der Waals surface area contributed by atoms with Crippen LogP contribution in [0.15, 0.2) is 6.33 Å². The molecule has 5 heteroatoms. The molecule has 1 aromatic heterocycles. The van der Waals surface area contributed by atoms with E-state index in [1.807, 2.05) is 0 Å². The van der Waals surface area contributed by atoms with E-state index >= 15 is 0 Å². The number of aliphatic hydroxyl groups excluding tert-OH is 1. The number of aromatic nitrogens is 2. The van der Waals surface area contributed by atoms with Crippen LogP contribution in [0, 0.1) is 5.92 Å². The van der Waals surface area contributed by atoms with E-state index in [2.05, 4.69) is 29.1 Å². The Morgan fingerprint density at radius 1 is 1.44 bits per heavy atom. The first-order valence-corrected chi connectivity index (χ1v) is 6.60. The zero-order valence-electron chi connectivity index (χ0n) is 11.1. The Balaban J connectivity index is 2.03. The van der Waals surface area contributed by atoms with Gasteiger partial charge in [-0.3, -0.25) is 0 Å². The molecule has 0 aromatic carbocycles. The molecule has 18 heavy (non-hydrogen) atoms. The summed E-state index contributed by atoms with van der Waals surface area (Å²) in [7, 11) is 0. The van der Waals surface area contributed by atoms with Crippen LogP contribution in [0.3, 0.4) is 0 Å². The van der Waals surface area contributed by atoms with Crippen LogP contribution in [0.5, 0.6) is 0 Å². The minimum atomic E-state index is -0.128. The Bertz CT molecular complexity index is 408. The van der Waals surface area contributed by atoms with Crippen molar-refractivity contribution in [1.82, 2.24) is 9.97 Å². The van der Waals surface area contributed by atoms with E-state index in [0.29, 0.717) is 17.7 Å². The van der Waals surface area contributed by atoms with Crippen molar-refractivity contribution < 1.29 is 5.11 Å². The molecular formula is C13H22N4O. The van der Waals surface area contributed by atoms with Gasteiger partial charge >= 0.3 is 0 Å². The van der Waals surface area contributed by atoms with Gasteiger partial charge in [0.25, 0.3) is 0 Å². The molecule has 2 atom stereocenters. The maximum Gasteiger partial charge on any atom is 0.134 e. The van der Waals surface area contributed by atoms with Crippen LogP contribution >= 0.6 is 0 Å². The largest absolute Gasteiger partial charge is 0.393 e. The number of anilines is 2. The van der Waals surface area contributed by atoms with Crippen molar-refractivity contribution in [1.29, 1.82) is 0 Å². The van der Waals surface area contributed by atoms with Gasteiger partial charge in [-0.1, -0.05) is 13.8 Å². The summed E-state index contributed by atoms with van der Waals surface area (Å²) in [5.41, 5.74) is 6.88. The van der Waals surface area contributed by atoms with Crippen molar-refractivity contribution in [2.45, 2.75) is 45.1 Å². The van der Waals surface area contributed by atoms with Crippen LogP contribution in [0.2, 0.25) is 0 Å². The number of rotatable bonds is 4. The van der Waals surface area contributed by atoms with E-state index < -0.39 is 0 Å². The van der Waals surface area contributed by atoms with Crippen LogP contribution in [-0.4, -0.2) is 27.7 Å². The van der Waals surface area contributed by atoms with Gasteiger partial charge in [-0.2, -0.15) is 0 Å². The molecule has 0 radical (unpaired) electrons. The van der Waals surface area contributed by atoms with E-state index in [-0.39, 0.29) is 6.10 Å². The van der Waals surface area contributed by atoms with E-state index in [1.165, 1.54) is 6.33 Å². The molecule has 0 bridgehead atoms. The average molecular weight is 250 g/mol. The Morgan fingerprint density at radius 2 is 2.22 bits per heavy atom. The van der Waals surface area contributed by atoms with Gasteiger partial charge < -0.3 is 16.2 Å². The maximum atomic E-state index is 9.51. The van der Waals surface area contributed by atoms with Crippen molar-refractivity contribution in [3.63, 3.8) is 0 Å². The molecule has 1 aromatic rings. The molecule has 0 saturated heterocycles. The van der Waals surface area contributed by atoms with Crippen molar-refractivity contribution in [2.75, 3.05) is 17.6 Å². The van der Waals surface area contributed by atoms with E-state index in [9.17, 15) is 5.11 Å². The first-order chi connectivity index (χ1) is 8.58. The predicted molar refractivity (Wildman–Crippen MR) is 72.4 cm³/mol. The van der Waals surface area contributed by atoms with Crippen molar-refractivity contribution in [3.05, 3.63) is 11.9 Å². The summed E-state index contributed by atoms with van der Waals surface area (Å²) in [5, 5.41) is 12.9. The Hall–Kier alpha value is -1.36. The highest BCUT2D eigenvalue weighted by Crippen LogP contribution is 2.29. The molecule has 1 heterocycles. The first kappa shape index (κ1) is 13.1. The lowest BCUT2D eigenvalue weighted by molar-refractivity contribution is 0.178. The number of aliphatic hydroxyl groups is 1. The summed E-state index contributed by atoms with van der Waals surface area (Å²) in [5.74, 6) is 2.20. The fourth-order valence-electron chi connectivity index (χ4n) is 2.59. The number of nitrogen functional groups attached to an aromatic ring is 1. The molecule has 0 spiro atoms. The Kier molecular flexibility index (Phi) is 4.01. The summed E-state index contributed by atoms with van der Waals surface area (Å²) in [4.78, 5) is 8.32. The SMILES string of the molecule is CC(C)c1c(N)ncnc1NCC1CCC(O)C1. The monoisotopic (exact) mass is 250 g/mol. The first-order valence-electron chi connectivity index (χ1n) is 6.60. The van der Waals surface area contributed by atoms with Gasteiger partial charge in [-0.25, -0.2) is 9.97 Å². The molecule has 100 valence electrons. The topological polar surface area (TPSA) is 84.1 Å². The normalized spacial score (nSPS) is 23.6. The minimum Gasteiger partial charge on any atom is -0.393 e. The van der Waals surface area contributed by atoms with Gasteiger partial charge in [0.1, 0.15) is 18.0 Å². The zero-order valence-corrected chi connectivity index (χ0v) is 11.1. The standard InChI is InChI=1S/C13H22N4O/c1-8(2)11-12(14)16-7-17-13(11)15-6-9-3-4-10(18)5-9/h7-10,18H,3-6H2,1-2H3,(H3,14,15,16,17). The molecule has 0 aliphatic heterocycles. The summed E-state index contributed by atoms with van der Waals surface area (Å²) in [6.07, 6.45) is 4.23. The number of nitrogens with zero attached hydrogens (tertiary/aromatic N) is 2. The minimum absolute atomic E-state index is 0.128. The van der Waals surface area contributed by atoms with Crippen LogP contribution in [0.1, 0.15) is 44.6 Å². The second-order valence-corrected chi connectivity index (χ2v) is 5.39. The second kappa shape index (κ2) is 5.52. The number of nitrogens with one attached hydrogen (secondary N) is 1. The van der Waals surface area contributed by atoms with E-state index in [0.717, 1.165) is 37.2 Å². The van der Waals surface area contributed by atoms with Crippen molar-refractivity contribution in [3.8, 4) is 0 Å². The lowest BCUT2D eigenvalue weighted by atomic mass is 10.0.